The van der Waals surface area contributed by atoms with Gasteiger partial charge >= 0.3 is 0 Å². The van der Waals surface area contributed by atoms with E-state index >= 15 is 0 Å². The number of aliphatic imine (C=N–C) groups is 1. The summed E-state index contributed by atoms with van der Waals surface area (Å²) in [7, 11) is 0. The molecule has 0 bridgehead atoms. The predicted octanol–water partition coefficient (Wildman–Crippen LogP) is 1.14. The fourth-order valence-corrected chi connectivity index (χ4v) is 0.771. The van der Waals surface area contributed by atoms with Gasteiger partial charge in [0.1, 0.15) is 0 Å². The lowest BCUT2D eigenvalue weighted by Gasteiger charge is -1.95. The van der Waals surface area contributed by atoms with Gasteiger partial charge in [-0.2, -0.15) is 0 Å². The van der Waals surface area contributed by atoms with Crippen LogP contribution in [0.25, 0.3) is 0 Å². The Hall–Kier alpha value is -0.310. The van der Waals surface area contributed by atoms with Crippen LogP contribution in [0.5, 0.6) is 0 Å². The maximum Gasteiger partial charge on any atom is 0.0877 e. The molecule has 1 aliphatic heterocycles. The molecule has 0 unspecified atom stereocenters. The lowest BCUT2D eigenvalue weighted by atomic mass is 10.7. The highest BCUT2D eigenvalue weighted by Gasteiger charge is 1.91. The normalized spacial score (nSPS) is 19.3. The average molecular weight is 114 g/mol. The third kappa shape index (κ3) is 1.31. The fourth-order valence-electron chi connectivity index (χ4n) is 0.345. The molecule has 0 aromatic rings. The first-order valence-corrected chi connectivity index (χ1v) is 2.87. The molecule has 0 aromatic heterocycles. The lowest BCUT2D eigenvalue weighted by molar-refractivity contribution is 1.32. The van der Waals surface area contributed by atoms with Crippen molar-refractivity contribution >= 4 is 23.2 Å². The van der Waals surface area contributed by atoms with Crippen molar-refractivity contribution in [3.63, 3.8) is 0 Å². The van der Waals surface area contributed by atoms with E-state index in [9.17, 15) is 0 Å². The third-order valence-electron chi connectivity index (χ3n) is 0.655. The molecule has 0 saturated carbocycles. The van der Waals surface area contributed by atoms with Crippen molar-refractivity contribution in [2.75, 3.05) is 6.54 Å². The third-order valence-corrected chi connectivity index (χ3v) is 1.30. The van der Waals surface area contributed by atoms with E-state index in [0.717, 1.165) is 11.6 Å². The van der Waals surface area contributed by atoms with E-state index in [-0.39, 0.29) is 0 Å². The minimum Gasteiger partial charge on any atom is -0.276 e. The van der Waals surface area contributed by atoms with Crippen molar-refractivity contribution in [3.8, 4) is 0 Å². The van der Waals surface area contributed by atoms with E-state index in [1.807, 2.05) is 6.92 Å². The molecular formula is C4H6N2S. The molecule has 2 nitrogen and oxygen atoms in total. The van der Waals surface area contributed by atoms with Gasteiger partial charge in [-0.15, -0.1) is 0 Å². The first kappa shape index (κ1) is 4.84. The van der Waals surface area contributed by atoms with Crippen LogP contribution in [-0.4, -0.2) is 17.8 Å². The highest BCUT2D eigenvalue weighted by atomic mass is 32.2. The van der Waals surface area contributed by atoms with E-state index < -0.39 is 0 Å². The molecule has 0 atom stereocenters. The molecule has 0 radical (unpaired) electrons. The maximum atomic E-state index is 4.06. The molecule has 3 heteroatoms. The molecule has 38 valence electrons. The van der Waals surface area contributed by atoms with Crippen molar-refractivity contribution < 1.29 is 0 Å². The van der Waals surface area contributed by atoms with Crippen LogP contribution in [0.1, 0.15) is 6.92 Å². The zero-order valence-electron chi connectivity index (χ0n) is 4.09. The monoisotopic (exact) mass is 114 g/mol. The van der Waals surface area contributed by atoms with Crippen LogP contribution in [0.15, 0.2) is 9.39 Å². The molecule has 7 heavy (non-hydrogen) atoms. The quantitative estimate of drug-likeness (QED) is 0.433. The van der Waals surface area contributed by atoms with Crippen molar-refractivity contribution in [1.29, 1.82) is 0 Å². The van der Waals surface area contributed by atoms with Crippen LogP contribution < -0.4 is 0 Å². The van der Waals surface area contributed by atoms with Gasteiger partial charge in [-0.1, -0.05) is 0 Å². The largest absolute Gasteiger partial charge is 0.276 e. The van der Waals surface area contributed by atoms with Crippen molar-refractivity contribution in [2.45, 2.75) is 6.92 Å². The SMILES string of the molecule is CC1=NCC=NS1. The first-order chi connectivity index (χ1) is 3.39. The van der Waals surface area contributed by atoms with E-state index in [1.165, 1.54) is 11.9 Å². The van der Waals surface area contributed by atoms with Gasteiger partial charge in [0.15, 0.2) is 0 Å². The number of hydrogen-bond donors (Lipinski definition) is 0. The lowest BCUT2D eigenvalue weighted by Crippen LogP contribution is -1.92. The Labute approximate surface area is 46.9 Å². The highest BCUT2D eigenvalue weighted by molar-refractivity contribution is 8.12. The summed E-state index contributed by atoms with van der Waals surface area (Å²) in [5.41, 5.74) is 0. The second-order valence-corrected chi connectivity index (χ2v) is 2.22. The van der Waals surface area contributed by atoms with Crippen LogP contribution in [0, 0.1) is 0 Å². The van der Waals surface area contributed by atoms with Crippen LogP contribution in [0.3, 0.4) is 0 Å². The van der Waals surface area contributed by atoms with E-state index in [1.54, 1.807) is 6.21 Å². The van der Waals surface area contributed by atoms with Gasteiger partial charge in [0.25, 0.3) is 0 Å². The van der Waals surface area contributed by atoms with Crippen LogP contribution >= 0.6 is 11.9 Å². The van der Waals surface area contributed by atoms with Gasteiger partial charge in [0.05, 0.1) is 11.6 Å². The fraction of sp³-hybridized carbons (Fsp3) is 0.500. The maximum absolute atomic E-state index is 4.06. The van der Waals surface area contributed by atoms with Gasteiger partial charge in [-0.25, -0.2) is 4.40 Å². The molecule has 0 amide bonds. The molecule has 0 N–H and O–H groups in total. The first-order valence-electron chi connectivity index (χ1n) is 2.09. The number of rotatable bonds is 0. The summed E-state index contributed by atoms with van der Waals surface area (Å²) in [5.74, 6) is 0. The second-order valence-electron chi connectivity index (χ2n) is 1.24. The Morgan fingerprint density at radius 1 is 1.86 bits per heavy atom. The number of nitrogens with zero attached hydrogens (tertiary/aromatic N) is 2. The van der Waals surface area contributed by atoms with Crippen LogP contribution in [0.4, 0.5) is 0 Å². The van der Waals surface area contributed by atoms with Gasteiger partial charge in [-0.3, -0.25) is 4.99 Å². The average Bonchev–Trinajstić information content (AvgIpc) is 1.69. The molecule has 0 aliphatic carbocycles. The number of hydrogen-bond acceptors (Lipinski definition) is 3. The zero-order valence-corrected chi connectivity index (χ0v) is 4.90. The summed E-state index contributed by atoms with van der Waals surface area (Å²) < 4.78 is 3.92. The van der Waals surface area contributed by atoms with Crippen LogP contribution in [0.2, 0.25) is 0 Å². The zero-order chi connectivity index (χ0) is 5.11. The summed E-state index contributed by atoms with van der Waals surface area (Å²) >= 11 is 1.44. The molecule has 1 heterocycles. The minimum atomic E-state index is 0.763. The standard InChI is InChI=1S/C4H6N2S/c1-4-5-2-3-6-7-4/h3H,2H2,1H3. The summed E-state index contributed by atoms with van der Waals surface area (Å²) in [6.07, 6.45) is 1.80. The van der Waals surface area contributed by atoms with Crippen molar-refractivity contribution in [2.24, 2.45) is 9.39 Å². The minimum absolute atomic E-state index is 0.763. The van der Waals surface area contributed by atoms with E-state index in [0.29, 0.717) is 0 Å². The van der Waals surface area contributed by atoms with Gasteiger partial charge in [0.2, 0.25) is 0 Å². The van der Waals surface area contributed by atoms with Gasteiger partial charge < -0.3 is 0 Å². The Kier molecular flexibility index (Phi) is 1.46. The highest BCUT2D eigenvalue weighted by Crippen LogP contribution is 2.06. The van der Waals surface area contributed by atoms with E-state index in [2.05, 4.69) is 9.39 Å². The second kappa shape index (κ2) is 2.12. The van der Waals surface area contributed by atoms with Crippen LogP contribution in [-0.2, 0) is 0 Å². The molecule has 1 rings (SSSR count). The van der Waals surface area contributed by atoms with Crippen molar-refractivity contribution in [1.82, 2.24) is 0 Å². The summed E-state index contributed by atoms with van der Waals surface area (Å²) in [4.78, 5) is 4.06. The Morgan fingerprint density at radius 3 is 3.00 bits per heavy atom. The molecule has 1 aliphatic rings. The summed E-state index contributed by atoms with van der Waals surface area (Å²) in [5, 5.41) is 1.06. The molecule has 0 fully saturated rings. The Bertz CT molecular complexity index is 117. The Morgan fingerprint density at radius 2 is 2.71 bits per heavy atom. The molecule has 0 spiro atoms. The predicted molar refractivity (Wildman–Crippen MR) is 34.1 cm³/mol. The Balaban J connectivity index is 2.50. The topological polar surface area (TPSA) is 24.7 Å². The molecular weight excluding hydrogens is 108 g/mol. The summed E-state index contributed by atoms with van der Waals surface area (Å²) in [6, 6.07) is 0. The van der Waals surface area contributed by atoms with Gasteiger partial charge in [0, 0.05) is 18.2 Å². The smallest absolute Gasteiger partial charge is 0.0877 e. The van der Waals surface area contributed by atoms with Gasteiger partial charge in [-0.05, 0) is 6.92 Å². The molecule has 0 saturated heterocycles. The summed E-state index contributed by atoms with van der Waals surface area (Å²) in [6.45, 7) is 2.72. The molecule has 0 aromatic carbocycles. The van der Waals surface area contributed by atoms with Crippen molar-refractivity contribution in [3.05, 3.63) is 0 Å². The van der Waals surface area contributed by atoms with E-state index in [4.69, 9.17) is 0 Å².